The van der Waals surface area contributed by atoms with E-state index in [0.29, 0.717) is 31.6 Å². The van der Waals surface area contributed by atoms with E-state index in [1.54, 1.807) is 0 Å². The van der Waals surface area contributed by atoms with E-state index in [1.165, 1.54) is 6.07 Å². The fraction of sp³-hybridized carbons (Fsp3) is 0.429. The number of sulfone groups is 1. The molecule has 0 radical (unpaired) electrons. The summed E-state index contributed by atoms with van der Waals surface area (Å²) in [5.41, 5.74) is 3.28. The Bertz CT molecular complexity index is 787. The normalized spacial score (nSPS) is 16.7. The molecule has 1 atom stereocenters. The van der Waals surface area contributed by atoms with Crippen molar-refractivity contribution in [3.8, 4) is 5.75 Å². The third-order valence-electron chi connectivity index (χ3n) is 3.35. The summed E-state index contributed by atoms with van der Waals surface area (Å²) in [4.78, 5) is 15.5. The average molecular weight is 395 g/mol. The Balaban J connectivity index is 2.34. The van der Waals surface area contributed by atoms with E-state index in [9.17, 15) is 26.4 Å². The van der Waals surface area contributed by atoms with Crippen molar-refractivity contribution in [2.45, 2.75) is 29.5 Å². The quantitative estimate of drug-likeness (QED) is 0.692. The fourth-order valence-corrected chi connectivity index (χ4v) is 3.55. The molecule has 12 heteroatoms. The highest BCUT2D eigenvalue weighted by molar-refractivity contribution is 7.92. The number of halogens is 3. The topological polar surface area (TPSA) is 120 Å². The van der Waals surface area contributed by atoms with Crippen molar-refractivity contribution in [3.05, 3.63) is 24.3 Å². The second-order valence-corrected chi connectivity index (χ2v) is 7.24. The number of carbonyl (C=O) groups excluding carboxylic acids is 1. The molecular weight excluding hydrogens is 379 g/mol. The number of piperidine rings is 1. The van der Waals surface area contributed by atoms with E-state index in [-0.39, 0.29) is 0 Å². The largest absolute Gasteiger partial charge is 0.573 e. The molecular formula is C14H16F3N3O5S. The van der Waals surface area contributed by atoms with Gasteiger partial charge in [0.2, 0.25) is 9.84 Å². The Morgan fingerprint density at radius 2 is 1.85 bits per heavy atom. The minimum atomic E-state index is -5.12. The van der Waals surface area contributed by atoms with E-state index in [1.807, 2.05) is 0 Å². The molecule has 0 aliphatic carbocycles. The lowest BCUT2D eigenvalue weighted by molar-refractivity contribution is -0.275. The zero-order valence-corrected chi connectivity index (χ0v) is 14.1. The molecule has 1 amide bonds. The Hall–Kier alpha value is -2.34. The van der Waals surface area contributed by atoms with Crippen LogP contribution in [0.1, 0.15) is 12.8 Å². The third kappa shape index (κ3) is 5.08. The summed E-state index contributed by atoms with van der Waals surface area (Å²) in [5.74, 6) is -2.41. The maximum atomic E-state index is 12.6. The van der Waals surface area contributed by atoms with Gasteiger partial charge in [-0.2, -0.15) is 0 Å². The number of rotatable bonds is 6. The van der Waals surface area contributed by atoms with Gasteiger partial charge in [-0.05, 0) is 12.1 Å². The van der Waals surface area contributed by atoms with E-state index in [0.717, 1.165) is 18.2 Å². The minimum Gasteiger partial charge on any atom is -0.404 e. The number of nitrogens with zero attached hydrogens (tertiary/aromatic N) is 1. The van der Waals surface area contributed by atoms with Crippen molar-refractivity contribution >= 4 is 21.5 Å². The summed E-state index contributed by atoms with van der Waals surface area (Å²) in [6.45, 7) is 1.19. The fourth-order valence-electron chi connectivity index (χ4n) is 2.20. The van der Waals surface area contributed by atoms with E-state index in [4.69, 9.17) is 10.6 Å². The molecule has 8 nitrogen and oxygen atoms in total. The molecule has 0 bridgehead atoms. The maximum Gasteiger partial charge on any atom is 0.573 e. The van der Waals surface area contributed by atoms with Crippen molar-refractivity contribution in [2.24, 2.45) is 10.9 Å². The van der Waals surface area contributed by atoms with Gasteiger partial charge >= 0.3 is 11.8 Å². The van der Waals surface area contributed by atoms with Gasteiger partial charge in [-0.3, -0.25) is 4.79 Å². The molecule has 2 rings (SSSR count). The number of primary amides is 1. The van der Waals surface area contributed by atoms with Gasteiger partial charge in [-0.25, -0.2) is 8.42 Å². The van der Waals surface area contributed by atoms with Crippen LogP contribution in [-0.2, 0) is 19.5 Å². The van der Waals surface area contributed by atoms with E-state index < -0.39 is 38.2 Å². The molecule has 1 heterocycles. The minimum absolute atomic E-state index is 0.472. The highest BCUT2D eigenvalue weighted by atomic mass is 32.2. The summed E-state index contributed by atoms with van der Waals surface area (Å²) in [5, 5.41) is 6.68. The number of carbonyl (C=O) groups is 1. The number of para-hydroxylation sites is 1. The van der Waals surface area contributed by atoms with Crippen LogP contribution in [0.15, 0.2) is 34.3 Å². The number of nitrogens with one attached hydrogen (secondary N) is 1. The zero-order chi connectivity index (χ0) is 19.4. The lowest BCUT2D eigenvalue weighted by atomic mass is 10.1. The van der Waals surface area contributed by atoms with Crippen LogP contribution in [0.4, 0.5) is 13.2 Å². The lowest BCUT2D eigenvalue weighted by Gasteiger charge is -2.18. The van der Waals surface area contributed by atoms with Gasteiger partial charge in [0.15, 0.2) is 0 Å². The molecule has 26 heavy (non-hydrogen) atoms. The average Bonchev–Trinajstić information content (AvgIpc) is 2.54. The standard InChI is InChI=1S/C14H16F3N3O5S/c15-14(16,17)24-10-3-1-2-4-11(10)26(22,23)13(12(18)21)25-20-9-5-7-19-8-6-9/h1-4,13,19H,5-8H2,(H2,18,21). The molecule has 144 valence electrons. The van der Waals surface area contributed by atoms with Gasteiger partial charge in [0.25, 0.3) is 5.91 Å². The number of ether oxygens (including phenoxy) is 1. The van der Waals surface area contributed by atoms with Gasteiger partial charge < -0.3 is 20.6 Å². The zero-order valence-electron chi connectivity index (χ0n) is 13.3. The third-order valence-corrected chi connectivity index (χ3v) is 5.19. The van der Waals surface area contributed by atoms with Gasteiger partial charge in [-0.1, -0.05) is 17.3 Å². The van der Waals surface area contributed by atoms with Gasteiger partial charge in [0.1, 0.15) is 10.6 Å². The molecule has 1 aromatic carbocycles. The van der Waals surface area contributed by atoms with E-state index >= 15 is 0 Å². The van der Waals surface area contributed by atoms with Crippen LogP contribution in [0.25, 0.3) is 0 Å². The molecule has 1 saturated heterocycles. The number of nitrogens with two attached hydrogens (primary N) is 1. The monoisotopic (exact) mass is 395 g/mol. The number of oxime groups is 1. The molecule has 0 saturated carbocycles. The molecule has 3 N–H and O–H groups in total. The summed E-state index contributed by atoms with van der Waals surface area (Å²) in [7, 11) is -4.75. The van der Waals surface area contributed by atoms with Crippen molar-refractivity contribution < 1.29 is 36.0 Å². The van der Waals surface area contributed by atoms with Crippen LogP contribution >= 0.6 is 0 Å². The van der Waals surface area contributed by atoms with Crippen LogP contribution in [0.2, 0.25) is 0 Å². The molecule has 0 spiro atoms. The van der Waals surface area contributed by atoms with Gasteiger partial charge in [0.05, 0.1) is 5.71 Å². The van der Waals surface area contributed by atoms with E-state index in [2.05, 4.69) is 15.2 Å². The van der Waals surface area contributed by atoms with Crippen molar-refractivity contribution in [3.63, 3.8) is 0 Å². The molecule has 0 aromatic heterocycles. The molecule has 1 aliphatic heterocycles. The highest BCUT2D eigenvalue weighted by Crippen LogP contribution is 2.31. The summed E-state index contributed by atoms with van der Waals surface area (Å²) >= 11 is 0. The maximum absolute atomic E-state index is 12.6. The van der Waals surface area contributed by atoms with Gasteiger partial charge in [0, 0.05) is 25.9 Å². The predicted molar refractivity (Wildman–Crippen MR) is 83.9 cm³/mol. The van der Waals surface area contributed by atoms with Crippen molar-refractivity contribution in [1.29, 1.82) is 0 Å². The van der Waals surface area contributed by atoms with Crippen LogP contribution in [0.3, 0.4) is 0 Å². The predicted octanol–water partition coefficient (Wildman–Crippen LogP) is 0.926. The summed E-state index contributed by atoms with van der Waals surface area (Å²) in [6, 6.07) is 3.98. The number of hydrogen-bond donors (Lipinski definition) is 2. The Morgan fingerprint density at radius 3 is 2.42 bits per heavy atom. The summed E-state index contributed by atoms with van der Waals surface area (Å²) < 4.78 is 66.4. The highest BCUT2D eigenvalue weighted by Gasteiger charge is 2.40. The van der Waals surface area contributed by atoms with Crippen LogP contribution < -0.4 is 15.8 Å². The van der Waals surface area contributed by atoms with Crippen molar-refractivity contribution in [2.75, 3.05) is 13.1 Å². The van der Waals surface area contributed by atoms with Crippen LogP contribution in [0, 0.1) is 0 Å². The SMILES string of the molecule is NC(=O)C(ON=C1CCNCC1)S(=O)(=O)c1ccccc1OC(F)(F)F. The summed E-state index contributed by atoms with van der Waals surface area (Å²) in [6.07, 6.45) is -4.18. The van der Waals surface area contributed by atoms with Crippen LogP contribution in [-0.4, -0.2) is 44.9 Å². The van der Waals surface area contributed by atoms with Gasteiger partial charge in [-0.15, -0.1) is 13.2 Å². The smallest absolute Gasteiger partial charge is 0.404 e. The Kier molecular flexibility index (Phi) is 6.08. The second-order valence-electron chi connectivity index (χ2n) is 5.29. The molecule has 1 aliphatic rings. The lowest BCUT2D eigenvalue weighted by Crippen LogP contribution is -2.38. The first kappa shape index (κ1) is 20.0. The molecule has 1 unspecified atom stereocenters. The number of alkyl halides is 3. The number of benzene rings is 1. The molecule has 1 aromatic rings. The Labute approximate surface area is 147 Å². The second kappa shape index (κ2) is 7.91. The number of hydrogen-bond acceptors (Lipinski definition) is 7. The Morgan fingerprint density at radius 1 is 1.23 bits per heavy atom. The first-order chi connectivity index (χ1) is 12.1. The molecule has 1 fully saturated rings. The van der Waals surface area contributed by atoms with Crippen molar-refractivity contribution in [1.82, 2.24) is 5.32 Å². The van der Waals surface area contributed by atoms with Crippen LogP contribution in [0.5, 0.6) is 5.75 Å². The first-order valence-corrected chi connectivity index (χ1v) is 8.96. The number of amides is 1. The first-order valence-electron chi connectivity index (χ1n) is 7.41.